The van der Waals surface area contributed by atoms with Crippen molar-refractivity contribution in [3.05, 3.63) is 18.2 Å². The summed E-state index contributed by atoms with van der Waals surface area (Å²) in [6.45, 7) is 4.36. The van der Waals surface area contributed by atoms with Crippen LogP contribution in [-0.2, 0) is 7.05 Å². The highest BCUT2D eigenvalue weighted by atomic mass is 16.1. The maximum atomic E-state index is 11.4. The summed E-state index contributed by atoms with van der Waals surface area (Å²) in [5.41, 5.74) is 0.462. The van der Waals surface area contributed by atoms with Crippen LogP contribution in [0.5, 0.6) is 0 Å². The van der Waals surface area contributed by atoms with Crippen molar-refractivity contribution in [2.24, 2.45) is 7.05 Å². The van der Waals surface area contributed by atoms with Gasteiger partial charge in [-0.15, -0.1) is 0 Å². The third kappa shape index (κ3) is 3.18. The van der Waals surface area contributed by atoms with E-state index in [2.05, 4.69) is 15.6 Å². The number of imidazole rings is 1. The highest BCUT2D eigenvalue weighted by Gasteiger charge is 2.06. The van der Waals surface area contributed by atoms with E-state index in [4.69, 9.17) is 0 Å². The Labute approximate surface area is 83.5 Å². The maximum Gasteiger partial charge on any atom is 0.271 e. The fourth-order valence-corrected chi connectivity index (χ4v) is 1.06. The van der Waals surface area contributed by atoms with Crippen LogP contribution in [0.3, 0.4) is 0 Å². The monoisotopic (exact) mass is 196 g/mol. The van der Waals surface area contributed by atoms with Crippen LogP contribution in [0.2, 0.25) is 0 Å². The Kier molecular flexibility index (Phi) is 4.12. The summed E-state index contributed by atoms with van der Waals surface area (Å²) in [6, 6.07) is 0. The zero-order valence-corrected chi connectivity index (χ0v) is 8.58. The van der Waals surface area contributed by atoms with Crippen LogP contribution in [0.4, 0.5) is 0 Å². The first-order valence-corrected chi connectivity index (χ1v) is 4.71. The molecule has 0 aliphatic carbocycles. The van der Waals surface area contributed by atoms with Gasteiger partial charge in [0.1, 0.15) is 5.69 Å². The van der Waals surface area contributed by atoms with Gasteiger partial charge in [0.05, 0.1) is 6.33 Å². The molecule has 0 radical (unpaired) electrons. The van der Waals surface area contributed by atoms with E-state index in [-0.39, 0.29) is 5.91 Å². The van der Waals surface area contributed by atoms with Gasteiger partial charge in [0.25, 0.3) is 5.91 Å². The minimum atomic E-state index is -0.122. The molecule has 0 unspecified atom stereocenters. The molecule has 1 aromatic rings. The molecule has 0 aliphatic heterocycles. The lowest BCUT2D eigenvalue weighted by Crippen LogP contribution is -2.31. The van der Waals surface area contributed by atoms with Gasteiger partial charge < -0.3 is 15.2 Å². The summed E-state index contributed by atoms with van der Waals surface area (Å²) >= 11 is 0. The SMILES string of the molecule is CCNCCNC(=O)c1cn(C)cn1. The van der Waals surface area contributed by atoms with Crippen molar-refractivity contribution >= 4 is 5.91 Å². The lowest BCUT2D eigenvalue weighted by atomic mass is 10.4. The molecule has 2 N–H and O–H groups in total. The summed E-state index contributed by atoms with van der Waals surface area (Å²) in [7, 11) is 1.84. The van der Waals surface area contributed by atoms with Crippen molar-refractivity contribution in [1.29, 1.82) is 0 Å². The molecule has 0 bridgehead atoms. The lowest BCUT2D eigenvalue weighted by molar-refractivity contribution is 0.0949. The normalized spacial score (nSPS) is 10.1. The van der Waals surface area contributed by atoms with E-state index in [0.29, 0.717) is 12.2 Å². The van der Waals surface area contributed by atoms with Gasteiger partial charge in [0.2, 0.25) is 0 Å². The van der Waals surface area contributed by atoms with E-state index in [0.717, 1.165) is 13.1 Å². The Morgan fingerprint density at radius 3 is 2.93 bits per heavy atom. The average Bonchev–Trinajstić information content (AvgIpc) is 2.59. The van der Waals surface area contributed by atoms with Crippen molar-refractivity contribution in [2.45, 2.75) is 6.92 Å². The van der Waals surface area contributed by atoms with Crippen LogP contribution in [0.25, 0.3) is 0 Å². The largest absolute Gasteiger partial charge is 0.349 e. The van der Waals surface area contributed by atoms with E-state index in [1.807, 2.05) is 14.0 Å². The smallest absolute Gasteiger partial charge is 0.271 e. The minimum Gasteiger partial charge on any atom is -0.349 e. The number of likely N-dealkylation sites (N-methyl/N-ethyl adjacent to an activating group) is 1. The second-order valence-corrected chi connectivity index (χ2v) is 3.03. The standard InChI is InChI=1S/C9H16N4O/c1-3-10-4-5-11-9(14)8-6-13(2)7-12-8/h6-7,10H,3-5H2,1-2H3,(H,11,14). The summed E-state index contributed by atoms with van der Waals surface area (Å²) < 4.78 is 1.75. The van der Waals surface area contributed by atoms with Crippen LogP contribution in [-0.4, -0.2) is 35.1 Å². The molecule has 1 heterocycles. The lowest BCUT2D eigenvalue weighted by Gasteiger charge is -2.02. The first-order chi connectivity index (χ1) is 6.74. The molecule has 0 atom stereocenters. The van der Waals surface area contributed by atoms with Gasteiger partial charge >= 0.3 is 0 Å². The number of nitrogens with zero attached hydrogens (tertiary/aromatic N) is 2. The molecule has 5 nitrogen and oxygen atoms in total. The Morgan fingerprint density at radius 1 is 1.57 bits per heavy atom. The van der Waals surface area contributed by atoms with E-state index >= 15 is 0 Å². The first-order valence-electron chi connectivity index (χ1n) is 4.71. The van der Waals surface area contributed by atoms with E-state index in [9.17, 15) is 4.79 Å². The topological polar surface area (TPSA) is 58.9 Å². The third-order valence-corrected chi connectivity index (χ3v) is 1.77. The van der Waals surface area contributed by atoms with Gasteiger partial charge in [-0.2, -0.15) is 0 Å². The van der Waals surface area contributed by atoms with Crippen molar-refractivity contribution in [2.75, 3.05) is 19.6 Å². The molecule has 14 heavy (non-hydrogen) atoms. The predicted molar refractivity (Wildman–Crippen MR) is 54.1 cm³/mol. The molecule has 0 fully saturated rings. The zero-order chi connectivity index (χ0) is 10.4. The van der Waals surface area contributed by atoms with Gasteiger partial charge in [0, 0.05) is 26.3 Å². The molecule has 78 valence electrons. The second-order valence-electron chi connectivity index (χ2n) is 3.03. The summed E-state index contributed by atoms with van der Waals surface area (Å²) in [6.07, 6.45) is 3.31. The van der Waals surface area contributed by atoms with Gasteiger partial charge in [-0.1, -0.05) is 6.92 Å². The molecule has 1 amide bonds. The highest BCUT2D eigenvalue weighted by molar-refractivity contribution is 5.91. The molecule has 0 saturated carbocycles. The van der Waals surface area contributed by atoms with E-state index in [1.54, 1.807) is 17.1 Å². The molecule has 1 rings (SSSR count). The number of carbonyl (C=O) groups excluding carboxylic acids is 1. The Hall–Kier alpha value is -1.36. The Bertz CT molecular complexity index is 295. The molecule has 5 heteroatoms. The molecule has 0 spiro atoms. The molecule has 0 saturated heterocycles. The van der Waals surface area contributed by atoms with Gasteiger partial charge in [-0.05, 0) is 6.54 Å². The number of aryl methyl sites for hydroxylation is 1. The summed E-state index contributed by atoms with van der Waals surface area (Å²) in [4.78, 5) is 15.4. The van der Waals surface area contributed by atoms with Crippen LogP contribution < -0.4 is 10.6 Å². The van der Waals surface area contributed by atoms with Gasteiger partial charge in [-0.25, -0.2) is 4.98 Å². The molecular weight excluding hydrogens is 180 g/mol. The van der Waals surface area contributed by atoms with Crippen molar-refractivity contribution in [1.82, 2.24) is 20.2 Å². The number of amides is 1. The highest BCUT2D eigenvalue weighted by Crippen LogP contribution is 1.92. The minimum absolute atomic E-state index is 0.122. The fraction of sp³-hybridized carbons (Fsp3) is 0.556. The van der Waals surface area contributed by atoms with Crippen molar-refractivity contribution < 1.29 is 4.79 Å². The number of hydrogen-bond acceptors (Lipinski definition) is 3. The second kappa shape index (κ2) is 5.39. The summed E-state index contributed by atoms with van der Waals surface area (Å²) in [5.74, 6) is -0.122. The number of rotatable bonds is 5. The predicted octanol–water partition coefficient (Wildman–Crippen LogP) is -0.241. The number of aromatic nitrogens is 2. The molecular formula is C9H16N4O. The summed E-state index contributed by atoms with van der Waals surface area (Å²) in [5, 5.41) is 5.89. The van der Waals surface area contributed by atoms with Crippen LogP contribution >= 0.6 is 0 Å². The van der Waals surface area contributed by atoms with Gasteiger partial charge in [0.15, 0.2) is 0 Å². The van der Waals surface area contributed by atoms with Crippen molar-refractivity contribution in [3.8, 4) is 0 Å². The van der Waals surface area contributed by atoms with Crippen LogP contribution in [0, 0.1) is 0 Å². The van der Waals surface area contributed by atoms with Gasteiger partial charge in [-0.3, -0.25) is 4.79 Å². The third-order valence-electron chi connectivity index (χ3n) is 1.77. The molecule has 0 aliphatic rings. The number of nitrogens with one attached hydrogen (secondary N) is 2. The Morgan fingerprint density at radius 2 is 2.36 bits per heavy atom. The van der Waals surface area contributed by atoms with E-state index < -0.39 is 0 Å². The van der Waals surface area contributed by atoms with Crippen molar-refractivity contribution in [3.63, 3.8) is 0 Å². The van der Waals surface area contributed by atoms with E-state index in [1.165, 1.54) is 0 Å². The fourth-order valence-electron chi connectivity index (χ4n) is 1.06. The maximum absolute atomic E-state index is 11.4. The zero-order valence-electron chi connectivity index (χ0n) is 8.58. The Balaban J connectivity index is 2.29. The molecule has 1 aromatic heterocycles. The first kappa shape index (κ1) is 10.7. The number of carbonyl (C=O) groups is 1. The van der Waals surface area contributed by atoms with Crippen LogP contribution in [0.1, 0.15) is 17.4 Å². The number of hydrogen-bond donors (Lipinski definition) is 2. The molecule has 0 aromatic carbocycles. The van der Waals surface area contributed by atoms with Crippen LogP contribution in [0.15, 0.2) is 12.5 Å². The quantitative estimate of drug-likeness (QED) is 0.639. The average molecular weight is 196 g/mol.